The van der Waals surface area contributed by atoms with E-state index in [2.05, 4.69) is 20.4 Å². The van der Waals surface area contributed by atoms with E-state index in [4.69, 9.17) is 0 Å². The molecule has 0 spiro atoms. The molecule has 1 fully saturated rings. The Labute approximate surface area is 178 Å². The molecule has 0 unspecified atom stereocenters. The quantitative estimate of drug-likeness (QED) is 0.552. The van der Waals surface area contributed by atoms with Crippen molar-refractivity contribution in [3.8, 4) is 11.4 Å². The van der Waals surface area contributed by atoms with Crippen LogP contribution in [0.25, 0.3) is 17.0 Å². The Balaban J connectivity index is 1.43. The number of carbonyl (C=O) groups excluding carboxylic acids is 2. The van der Waals surface area contributed by atoms with Crippen LogP contribution in [0.15, 0.2) is 48.7 Å². The zero-order valence-corrected chi connectivity index (χ0v) is 17.2. The first kappa shape index (κ1) is 19.0. The van der Waals surface area contributed by atoms with Gasteiger partial charge >= 0.3 is 0 Å². The summed E-state index contributed by atoms with van der Waals surface area (Å²) in [6.07, 6.45) is 2.72. The first-order chi connectivity index (χ1) is 15.0. The summed E-state index contributed by atoms with van der Waals surface area (Å²) < 4.78 is 3.30. The second-order valence-electron chi connectivity index (χ2n) is 7.53. The van der Waals surface area contributed by atoms with Gasteiger partial charge in [0.2, 0.25) is 0 Å². The summed E-state index contributed by atoms with van der Waals surface area (Å²) in [5, 5.41) is 7.35. The van der Waals surface area contributed by atoms with Gasteiger partial charge in [-0.1, -0.05) is 30.3 Å². The molecule has 9 nitrogen and oxygen atoms in total. The van der Waals surface area contributed by atoms with Gasteiger partial charge in [0.25, 0.3) is 11.8 Å². The SMILES string of the molecule is Cc1nc(C(=O)N2CCC2)c(C(=O)Nc2ccn3nc(-c4ccccc4)nc3c2)n1C. The Bertz CT molecular complexity index is 1300. The van der Waals surface area contributed by atoms with Crippen molar-refractivity contribution < 1.29 is 9.59 Å². The number of aryl methyl sites for hydroxylation is 1. The van der Waals surface area contributed by atoms with Gasteiger partial charge in [-0.3, -0.25) is 9.59 Å². The molecule has 0 aliphatic carbocycles. The number of rotatable bonds is 4. The van der Waals surface area contributed by atoms with E-state index in [0.717, 1.165) is 12.0 Å². The molecule has 9 heteroatoms. The van der Waals surface area contributed by atoms with Crippen molar-refractivity contribution in [2.75, 3.05) is 18.4 Å². The minimum atomic E-state index is -0.390. The standard InChI is InChI=1S/C22H21N7O2/c1-14-23-18(22(31)28-10-6-11-28)19(27(14)2)21(30)24-16-9-12-29-17(13-16)25-20(26-29)15-7-4-3-5-8-15/h3-5,7-9,12-13H,6,10-11H2,1-2H3,(H,24,30). The van der Waals surface area contributed by atoms with Crippen LogP contribution in [0.2, 0.25) is 0 Å². The van der Waals surface area contributed by atoms with Crippen molar-refractivity contribution in [2.24, 2.45) is 7.05 Å². The molecule has 0 atom stereocenters. The fraction of sp³-hybridized carbons (Fsp3) is 0.227. The molecule has 0 bridgehead atoms. The van der Waals surface area contributed by atoms with Gasteiger partial charge in [0.1, 0.15) is 11.5 Å². The number of aromatic nitrogens is 5. The van der Waals surface area contributed by atoms with Crippen LogP contribution < -0.4 is 5.32 Å². The number of nitrogens with one attached hydrogen (secondary N) is 1. The molecular formula is C22H21N7O2. The van der Waals surface area contributed by atoms with E-state index in [1.54, 1.807) is 46.3 Å². The maximum Gasteiger partial charge on any atom is 0.274 e. The third kappa shape index (κ3) is 3.33. The third-order valence-corrected chi connectivity index (χ3v) is 5.51. The lowest BCUT2D eigenvalue weighted by Gasteiger charge is -2.30. The molecule has 1 aliphatic heterocycles. The molecule has 1 aromatic carbocycles. The van der Waals surface area contributed by atoms with Crippen molar-refractivity contribution in [1.29, 1.82) is 0 Å². The summed E-state index contributed by atoms with van der Waals surface area (Å²) >= 11 is 0. The maximum absolute atomic E-state index is 13.1. The number of pyridine rings is 1. The summed E-state index contributed by atoms with van der Waals surface area (Å²) in [6.45, 7) is 3.17. The molecule has 156 valence electrons. The molecule has 0 radical (unpaired) electrons. The number of amides is 2. The summed E-state index contributed by atoms with van der Waals surface area (Å²) in [6, 6.07) is 13.2. The number of hydrogen-bond acceptors (Lipinski definition) is 5. The largest absolute Gasteiger partial charge is 0.337 e. The summed E-state index contributed by atoms with van der Waals surface area (Å²) in [5.41, 5.74) is 2.52. The first-order valence-electron chi connectivity index (χ1n) is 10.1. The zero-order chi connectivity index (χ0) is 21.5. The number of likely N-dealkylation sites (tertiary alicyclic amines) is 1. The van der Waals surface area contributed by atoms with Crippen molar-refractivity contribution in [3.63, 3.8) is 0 Å². The van der Waals surface area contributed by atoms with Crippen LogP contribution >= 0.6 is 0 Å². The Morgan fingerprint density at radius 3 is 2.55 bits per heavy atom. The number of nitrogens with zero attached hydrogens (tertiary/aromatic N) is 6. The second kappa shape index (κ2) is 7.35. The smallest absolute Gasteiger partial charge is 0.274 e. The van der Waals surface area contributed by atoms with Gasteiger partial charge in [-0.25, -0.2) is 14.5 Å². The minimum absolute atomic E-state index is 0.187. The Morgan fingerprint density at radius 1 is 1.06 bits per heavy atom. The van der Waals surface area contributed by atoms with Gasteiger partial charge < -0.3 is 14.8 Å². The van der Waals surface area contributed by atoms with Gasteiger partial charge in [0.15, 0.2) is 17.2 Å². The van der Waals surface area contributed by atoms with Gasteiger partial charge in [-0.15, -0.1) is 5.10 Å². The highest BCUT2D eigenvalue weighted by molar-refractivity contribution is 6.10. The van der Waals surface area contributed by atoms with Crippen LogP contribution in [0.5, 0.6) is 0 Å². The lowest BCUT2D eigenvalue weighted by Crippen LogP contribution is -2.43. The van der Waals surface area contributed by atoms with Crippen LogP contribution in [-0.2, 0) is 7.05 Å². The lowest BCUT2D eigenvalue weighted by atomic mass is 10.2. The van der Waals surface area contributed by atoms with Gasteiger partial charge in [0, 0.05) is 43.7 Å². The number of hydrogen-bond donors (Lipinski definition) is 1. The molecule has 1 aliphatic rings. The minimum Gasteiger partial charge on any atom is -0.337 e. The topological polar surface area (TPSA) is 97.4 Å². The van der Waals surface area contributed by atoms with E-state index in [9.17, 15) is 9.59 Å². The molecule has 3 aromatic heterocycles. The highest BCUT2D eigenvalue weighted by Gasteiger charge is 2.30. The number of benzene rings is 1. The zero-order valence-electron chi connectivity index (χ0n) is 17.2. The predicted molar refractivity (Wildman–Crippen MR) is 115 cm³/mol. The van der Waals surface area contributed by atoms with E-state index in [1.807, 2.05) is 30.3 Å². The van der Waals surface area contributed by atoms with E-state index < -0.39 is 0 Å². The summed E-state index contributed by atoms with van der Waals surface area (Å²) in [5.74, 6) is 0.614. The van der Waals surface area contributed by atoms with Crippen molar-refractivity contribution >= 4 is 23.1 Å². The number of carbonyl (C=O) groups is 2. The molecule has 5 rings (SSSR count). The van der Waals surface area contributed by atoms with E-state index in [1.165, 1.54) is 0 Å². The van der Waals surface area contributed by atoms with Crippen LogP contribution in [0.1, 0.15) is 33.2 Å². The normalized spacial score (nSPS) is 13.3. The van der Waals surface area contributed by atoms with Gasteiger partial charge in [-0.05, 0) is 19.4 Å². The molecule has 0 saturated carbocycles. The highest BCUT2D eigenvalue weighted by Crippen LogP contribution is 2.20. The Kier molecular flexibility index (Phi) is 4.50. The van der Waals surface area contributed by atoms with Gasteiger partial charge in [-0.2, -0.15) is 0 Å². The van der Waals surface area contributed by atoms with Crippen molar-refractivity contribution in [1.82, 2.24) is 29.0 Å². The van der Waals surface area contributed by atoms with Crippen LogP contribution in [-0.4, -0.2) is 54.0 Å². The number of fused-ring (bicyclic) bond motifs is 1. The molecule has 4 heterocycles. The highest BCUT2D eigenvalue weighted by atomic mass is 16.2. The average Bonchev–Trinajstić information content (AvgIpc) is 3.28. The Hall–Kier alpha value is -4.01. The summed E-state index contributed by atoms with van der Waals surface area (Å²) in [7, 11) is 1.73. The monoisotopic (exact) mass is 415 g/mol. The molecule has 4 aromatic rings. The van der Waals surface area contributed by atoms with E-state index in [-0.39, 0.29) is 23.2 Å². The predicted octanol–water partition coefficient (Wildman–Crippen LogP) is 2.54. The van der Waals surface area contributed by atoms with E-state index >= 15 is 0 Å². The summed E-state index contributed by atoms with van der Waals surface area (Å²) in [4.78, 5) is 36.4. The third-order valence-electron chi connectivity index (χ3n) is 5.51. The lowest BCUT2D eigenvalue weighted by molar-refractivity contribution is 0.0642. The fourth-order valence-corrected chi connectivity index (χ4v) is 3.55. The van der Waals surface area contributed by atoms with Crippen LogP contribution in [0.4, 0.5) is 5.69 Å². The van der Waals surface area contributed by atoms with Gasteiger partial charge in [0.05, 0.1) is 0 Å². The number of anilines is 1. The molecule has 31 heavy (non-hydrogen) atoms. The van der Waals surface area contributed by atoms with E-state index in [0.29, 0.717) is 36.1 Å². The van der Waals surface area contributed by atoms with Crippen LogP contribution in [0, 0.1) is 6.92 Å². The second-order valence-corrected chi connectivity index (χ2v) is 7.53. The molecule has 2 amide bonds. The first-order valence-corrected chi connectivity index (χ1v) is 10.1. The van der Waals surface area contributed by atoms with Crippen molar-refractivity contribution in [3.05, 3.63) is 65.9 Å². The van der Waals surface area contributed by atoms with Crippen LogP contribution in [0.3, 0.4) is 0 Å². The average molecular weight is 415 g/mol. The molecule has 1 saturated heterocycles. The molecular weight excluding hydrogens is 394 g/mol. The maximum atomic E-state index is 13.1. The fourth-order valence-electron chi connectivity index (χ4n) is 3.55. The van der Waals surface area contributed by atoms with Crippen molar-refractivity contribution in [2.45, 2.75) is 13.3 Å². The number of imidazole rings is 1. The molecule has 1 N–H and O–H groups in total. The Morgan fingerprint density at radius 2 is 1.84 bits per heavy atom.